The molecule has 4 nitrogen and oxygen atoms in total. The number of rotatable bonds is 4. The molecule has 0 aliphatic carbocycles. The van der Waals surface area contributed by atoms with Gasteiger partial charge in [-0.05, 0) is 50.8 Å². The van der Waals surface area contributed by atoms with E-state index in [0.29, 0.717) is 0 Å². The Balaban J connectivity index is 1.85. The van der Waals surface area contributed by atoms with Gasteiger partial charge in [0.15, 0.2) is 0 Å². The van der Waals surface area contributed by atoms with E-state index in [1.165, 1.54) is 5.56 Å². The second-order valence-electron chi connectivity index (χ2n) is 6.91. The van der Waals surface area contributed by atoms with E-state index in [0.717, 1.165) is 54.6 Å². The number of piperidine rings is 1. The van der Waals surface area contributed by atoms with Gasteiger partial charge in [0, 0.05) is 35.3 Å². The zero-order chi connectivity index (χ0) is 17.2. The lowest BCUT2D eigenvalue weighted by atomic mass is 9.75. The molecule has 1 atom stereocenters. The lowest BCUT2D eigenvalue weighted by molar-refractivity contribution is 0.105. The summed E-state index contributed by atoms with van der Waals surface area (Å²) in [5, 5.41) is 10.9. The van der Waals surface area contributed by atoms with E-state index >= 15 is 0 Å². The molecule has 1 aliphatic rings. The maximum absolute atomic E-state index is 10.2. The number of hydrogen-bond acceptors (Lipinski definition) is 4. The van der Waals surface area contributed by atoms with Crippen LogP contribution in [0.15, 0.2) is 30.5 Å². The van der Waals surface area contributed by atoms with E-state index in [4.69, 9.17) is 11.6 Å². The van der Waals surface area contributed by atoms with Gasteiger partial charge in [-0.1, -0.05) is 23.7 Å². The van der Waals surface area contributed by atoms with Crippen LogP contribution in [0.5, 0.6) is 0 Å². The van der Waals surface area contributed by atoms with Gasteiger partial charge < -0.3 is 10.0 Å². The molecule has 2 heterocycles. The van der Waals surface area contributed by atoms with Crippen molar-refractivity contribution < 1.29 is 5.11 Å². The highest BCUT2D eigenvalue weighted by atomic mass is 35.5. The molecule has 1 aromatic heterocycles. The standard InChI is InChI=1S/C19H24ClN3O/c1-14-11-21-15(2)22-18(14)23-8-4-7-19(12-23,13-24)10-16-5-3-6-17(20)9-16/h3,5-6,9,11,24H,4,7-8,10,12-13H2,1-2H3/t19-/m0/s1. The van der Waals surface area contributed by atoms with Crippen molar-refractivity contribution in [3.63, 3.8) is 0 Å². The first kappa shape index (κ1) is 17.2. The van der Waals surface area contributed by atoms with Gasteiger partial charge in [0.2, 0.25) is 0 Å². The molecular weight excluding hydrogens is 322 g/mol. The van der Waals surface area contributed by atoms with Crippen LogP contribution in [-0.2, 0) is 6.42 Å². The molecule has 24 heavy (non-hydrogen) atoms. The molecule has 0 bridgehead atoms. The number of aromatic nitrogens is 2. The molecule has 0 radical (unpaired) electrons. The number of hydrogen-bond donors (Lipinski definition) is 1. The molecule has 1 N–H and O–H groups in total. The summed E-state index contributed by atoms with van der Waals surface area (Å²) in [4.78, 5) is 11.2. The van der Waals surface area contributed by atoms with E-state index in [1.54, 1.807) is 0 Å². The van der Waals surface area contributed by atoms with Crippen molar-refractivity contribution in [3.8, 4) is 0 Å². The molecule has 5 heteroatoms. The topological polar surface area (TPSA) is 49.2 Å². The van der Waals surface area contributed by atoms with E-state index in [-0.39, 0.29) is 12.0 Å². The smallest absolute Gasteiger partial charge is 0.135 e. The molecule has 2 aromatic rings. The summed E-state index contributed by atoms with van der Waals surface area (Å²) < 4.78 is 0. The Labute approximate surface area is 148 Å². The van der Waals surface area contributed by atoms with Crippen LogP contribution in [0.1, 0.15) is 29.8 Å². The average Bonchev–Trinajstić information content (AvgIpc) is 2.57. The van der Waals surface area contributed by atoms with Crippen LogP contribution in [0.3, 0.4) is 0 Å². The van der Waals surface area contributed by atoms with Crippen molar-refractivity contribution in [2.45, 2.75) is 33.1 Å². The Morgan fingerprint density at radius 2 is 2.17 bits per heavy atom. The number of aliphatic hydroxyl groups excluding tert-OH is 1. The highest BCUT2D eigenvalue weighted by Gasteiger charge is 2.36. The minimum absolute atomic E-state index is 0.159. The summed E-state index contributed by atoms with van der Waals surface area (Å²) in [6.07, 6.45) is 4.76. The maximum Gasteiger partial charge on any atom is 0.135 e. The average molecular weight is 346 g/mol. The number of benzene rings is 1. The Hall–Kier alpha value is -1.65. The first-order valence-corrected chi connectivity index (χ1v) is 8.80. The molecule has 1 aliphatic heterocycles. The second kappa shape index (κ2) is 7.08. The summed E-state index contributed by atoms with van der Waals surface area (Å²) in [6.45, 7) is 5.89. The third-order valence-corrected chi connectivity index (χ3v) is 5.07. The predicted octanol–water partition coefficient (Wildman–Crippen LogP) is 3.57. The Bertz CT molecular complexity index is 722. The fraction of sp³-hybridized carbons (Fsp3) is 0.474. The zero-order valence-corrected chi connectivity index (χ0v) is 15.1. The van der Waals surface area contributed by atoms with E-state index in [9.17, 15) is 5.11 Å². The molecule has 3 rings (SSSR count). The van der Waals surface area contributed by atoms with Crippen LogP contribution in [0.25, 0.3) is 0 Å². The van der Waals surface area contributed by atoms with Gasteiger partial charge in [-0.25, -0.2) is 9.97 Å². The Morgan fingerprint density at radius 3 is 2.92 bits per heavy atom. The number of aryl methyl sites for hydroxylation is 2. The quantitative estimate of drug-likeness (QED) is 0.920. The summed E-state index contributed by atoms with van der Waals surface area (Å²) in [5.41, 5.74) is 2.10. The molecule has 128 valence electrons. The third kappa shape index (κ3) is 3.70. The molecule has 1 saturated heterocycles. The van der Waals surface area contributed by atoms with Crippen molar-refractivity contribution in [2.24, 2.45) is 5.41 Å². The van der Waals surface area contributed by atoms with Crippen LogP contribution in [-0.4, -0.2) is 34.8 Å². The number of anilines is 1. The first-order valence-electron chi connectivity index (χ1n) is 8.42. The second-order valence-corrected chi connectivity index (χ2v) is 7.35. The molecule has 0 amide bonds. The summed E-state index contributed by atoms with van der Waals surface area (Å²) in [7, 11) is 0. The van der Waals surface area contributed by atoms with Crippen LogP contribution in [0.4, 0.5) is 5.82 Å². The maximum atomic E-state index is 10.2. The van der Waals surface area contributed by atoms with Gasteiger partial charge in [0.25, 0.3) is 0 Å². The van der Waals surface area contributed by atoms with Gasteiger partial charge in [0.1, 0.15) is 11.6 Å². The van der Waals surface area contributed by atoms with E-state index < -0.39 is 0 Å². The summed E-state index contributed by atoms with van der Waals surface area (Å²) in [6, 6.07) is 7.94. The van der Waals surface area contributed by atoms with Crippen LogP contribution in [0, 0.1) is 19.3 Å². The summed E-state index contributed by atoms with van der Waals surface area (Å²) >= 11 is 6.12. The number of nitrogens with zero attached hydrogens (tertiary/aromatic N) is 3. The van der Waals surface area contributed by atoms with E-state index in [1.807, 2.05) is 38.2 Å². The fourth-order valence-electron chi connectivity index (χ4n) is 3.64. The molecular formula is C19H24ClN3O. The SMILES string of the molecule is Cc1ncc(C)c(N2CCC[C@](CO)(Cc3cccc(Cl)c3)C2)n1. The van der Waals surface area contributed by atoms with Crippen molar-refractivity contribution >= 4 is 17.4 Å². The Morgan fingerprint density at radius 1 is 1.33 bits per heavy atom. The molecule has 1 fully saturated rings. The summed E-state index contributed by atoms with van der Waals surface area (Å²) in [5.74, 6) is 1.77. The van der Waals surface area contributed by atoms with Gasteiger partial charge >= 0.3 is 0 Å². The number of aliphatic hydroxyl groups is 1. The van der Waals surface area contributed by atoms with Crippen molar-refractivity contribution in [2.75, 3.05) is 24.6 Å². The minimum atomic E-state index is -0.159. The molecule has 1 aromatic carbocycles. The molecule has 0 unspecified atom stereocenters. The highest BCUT2D eigenvalue weighted by molar-refractivity contribution is 6.30. The van der Waals surface area contributed by atoms with Crippen molar-refractivity contribution in [1.82, 2.24) is 9.97 Å². The van der Waals surface area contributed by atoms with Gasteiger partial charge in [-0.2, -0.15) is 0 Å². The number of halogens is 1. The third-order valence-electron chi connectivity index (χ3n) is 4.83. The Kier molecular flexibility index (Phi) is 5.07. The van der Waals surface area contributed by atoms with Crippen LogP contribution >= 0.6 is 11.6 Å². The first-order chi connectivity index (χ1) is 11.5. The van der Waals surface area contributed by atoms with E-state index in [2.05, 4.69) is 20.9 Å². The predicted molar refractivity (Wildman–Crippen MR) is 97.6 cm³/mol. The lowest BCUT2D eigenvalue weighted by Crippen LogP contribution is -2.47. The van der Waals surface area contributed by atoms with Gasteiger partial charge in [-0.15, -0.1) is 0 Å². The van der Waals surface area contributed by atoms with Crippen molar-refractivity contribution in [3.05, 3.63) is 52.4 Å². The van der Waals surface area contributed by atoms with Crippen molar-refractivity contribution in [1.29, 1.82) is 0 Å². The lowest BCUT2D eigenvalue weighted by Gasteiger charge is -2.43. The molecule has 0 spiro atoms. The zero-order valence-electron chi connectivity index (χ0n) is 14.3. The van der Waals surface area contributed by atoms with Gasteiger partial charge in [-0.3, -0.25) is 0 Å². The van der Waals surface area contributed by atoms with Crippen LogP contribution in [0.2, 0.25) is 5.02 Å². The highest BCUT2D eigenvalue weighted by Crippen LogP contribution is 2.36. The fourth-order valence-corrected chi connectivity index (χ4v) is 3.85. The van der Waals surface area contributed by atoms with Gasteiger partial charge in [0.05, 0.1) is 6.61 Å². The monoisotopic (exact) mass is 345 g/mol. The largest absolute Gasteiger partial charge is 0.396 e. The normalized spacial score (nSPS) is 21.1. The van der Waals surface area contributed by atoms with Crippen LogP contribution < -0.4 is 4.90 Å². The minimum Gasteiger partial charge on any atom is -0.396 e. The molecule has 0 saturated carbocycles.